The third-order valence-electron chi connectivity index (χ3n) is 3.09. The summed E-state index contributed by atoms with van der Waals surface area (Å²) in [6, 6.07) is 8.83. The summed E-state index contributed by atoms with van der Waals surface area (Å²) in [7, 11) is 1.83. The van der Waals surface area contributed by atoms with Gasteiger partial charge >= 0.3 is 6.03 Å². The van der Waals surface area contributed by atoms with Crippen LogP contribution in [0.15, 0.2) is 30.3 Å². The molecule has 4 N–H and O–H groups in total. The summed E-state index contributed by atoms with van der Waals surface area (Å²) in [5, 5.41) is 11.2. The minimum absolute atomic E-state index is 0.169. The van der Waals surface area contributed by atoms with Gasteiger partial charge in [0.2, 0.25) is 5.91 Å². The molecule has 0 heterocycles. The topological polar surface area (TPSA) is 82.3 Å². The standard InChI is InChI=1S/C15H24N4O2/c1-11(16-4)10-17-13(20)15(2,3)19-14(21)18-12-8-6-5-7-9-12/h5-9,11,16H,10H2,1-4H3,(H,17,20)(H2,18,19,21). The first-order chi connectivity index (χ1) is 9.85. The average molecular weight is 292 g/mol. The molecule has 0 aliphatic carbocycles. The SMILES string of the molecule is CNC(C)CNC(=O)C(C)(C)NC(=O)Nc1ccccc1. The van der Waals surface area contributed by atoms with Gasteiger partial charge in [0.15, 0.2) is 0 Å². The summed E-state index contributed by atoms with van der Waals surface area (Å²) in [5.41, 5.74) is -0.318. The fourth-order valence-electron chi connectivity index (χ4n) is 1.59. The second kappa shape index (κ2) is 7.64. The van der Waals surface area contributed by atoms with Crippen LogP contribution in [0.25, 0.3) is 0 Å². The Hall–Kier alpha value is -2.08. The summed E-state index contributed by atoms with van der Waals surface area (Å²) in [6.07, 6.45) is 0. The van der Waals surface area contributed by atoms with Gasteiger partial charge < -0.3 is 21.3 Å². The van der Waals surface area contributed by atoms with Gasteiger partial charge in [0.1, 0.15) is 5.54 Å². The molecule has 0 aliphatic rings. The molecule has 0 fully saturated rings. The maximum absolute atomic E-state index is 12.1. The maximum Gasteiger partial charge on any atom is 0.320 e. The molecule has 1 rings (SSSR count). The molecule has 1 aromatic carbocycles. The largest absolute Gasteiger partial charge is 0.353 e. The van der Waals surface area contributed by atoms with E-state index in [0.29, 0.717) is 12.2 Å². The van der Waals surface area contributed by atoms with Crippen molar-refractivity contribution < 1.29 is 9.59 Å². The van der Waals surface area contributed by atoms with Gasteiger partial charge in [-0.3, -0.25) is 4.79 Å². The summed E-state index contributed by atoms with van der Waals surface area (Å²) in [4.78, 5) is 24.0. The fraction of sp³-hybridized carbons (Fsp3) is 0.467. The molecule has 0 saturated carbocycles. The Morgan fingerprint density at radius 1 is 1.19 bits per heavy atom. The van der Waals surface area contributed by atoms with Crippen molar-refractivity contribution in [2.75, 3.05) is 18.9 Å². The van der Waals surface area contributed by atoms with Gasteiger partial charge in [-0.1, -0.05) is 18.2 Å². The van der Waals surface area contributed by atoms with E-state index in [1.807, 2.05) is 32.2 Å². The molecule has 1 unspecified atom stereocenters. The molecule has 21 heavy (non-hydrogen) atoms. The second-order valence-electron chi connectivity index (χ2n) is 5.47. The number of hydrogen-bond donors (Lipinski definition) is 4. The second-order valence-corrected chi connectivity index (χ2v) is 5.47. The Morgan fingerprint density at radius 3 is 2.38 bits per heavy atom. The number of benzene rings is 1. The lowest BCUT2D eigenvalue weighted by Gasteiger charge is -2.26. The highest BCUT2D eigenvalue weighted by Crippen LogP contribution is 2.07. The van der Waals surface area contributed by atoms with Crippen molar-refractivity contribution in [1.29, 1.82) is 0 Å². The van der Waals surface area contributed by atoms with Gasteiger partial charge in [0.25, 0.3) is 0 Å². The zero-order valence-electron chi connectivity index (χ0n) is 13.0. The van der Waals surface area contributed by atoms with Gasteiger partial charge in [-0.05, 0) is 40.0 Å². The van der Waals surface area contributed by atoms with Crippen LogP contribution in [0.5, 0.6) is 0 Å². The number of carbonyl (C=O) groups is 2. The lowest BCUT2D eigenvalue weighted by molar-refractivity contribution is -0.126. The quantitative estimate of drug-likeness (QED) is 0.638. The molecule has 0 bridgehead atoms. The van der Waals surface area contributed by atoms with Crippen LogP contribution in [0.2, 0.25) is 0 Å². The van der Waals surface area contributed by atoms with Crippen molar-refractivity contribution in [3.63, 3.8) is 0 Å². The molecule has 6 heteroatoms. The van der Waals surface area contributed by atoms with E-state index in [-0.39, 0.29) is 11.9 Å². The Bertz CT molecular complexity index is 474. The van der Waals surface area contributed by atoms with E-state index in [1.54, 1.807) is 26.0 Å². The molecular formula is C15H24N4O2. The van der Waals surface area contributed by atoms with Crippen LogP contribution in [0.4, 0.5) is 10.5 Å². The number of anilines is 1. The monoisotopic (exact) mass is 292 g/mol. The van der Waals surface area contributed by atoms with Crippen molar-refractivity contribution in [3.05, 3.63) is 30.3 Å². The molecule has 116 valence electrons. The lowest BCUT2D eigenvalue weighted by Crippen LogP contribution is -2.57. The average Bonchev–Trinajstić information content (AvgIpc) is 2.44. The molecule has 0 radical (unpaired) electrons. The highest BCUT2D eigenvalue weighted by Gasteiger charge is 2.29. The van der Waals surface area contributed by atoms with E-state index < -0.39 is 11.6 Å². The van der Waals surface area contributed by atoms with Crippen LogP contribution in [0.1, 0.15) is 20.8 Å². The number of urea groups is 1. The number of likely N-dealkylation sites (N-methyl/N-ethyl adjacent to an activating group) is 1. The van der Waals surface area contributed by atoms with E-state index in [0.717, 1.165) is 0 Å². The van der Waals surface area contributed by atoms with Crippen LogP contribution < -0.4 is 21.3 Å². The van der Waals surface area contributed by atoms with Crippen LogP contribution in [-0.2, 0) is 4.79 Å². The number of carbonyl (C=O) groups excluding carboxylic acids is 2. The van der Waals surface area contributed by atoms with Gasteiger partial charge in [-0.25, -0.2) is 4.79 Å². The minimum Gasteiger partial charge on any atom is -0.353 e. The van der Waals surface area contributed by atoms with E-state index >= 15 is 0 Å². The normalized spacial score (nSPS) is 12.4. The molecule has 0 aliphatic heterocycles. The van der Waals surface area contributed by atoms with E-state index in [2.05, 4.69) is 21.3 Å². The van der Waals surface area contributed by atoms with Crippen molar-refractivity contribution >= 4 is 17.6 Å². The smallest absolute Gasteiger partial charge is 0.320 e. The van der Waals surface area contributed by atoms with Crippen molar-refractivity contribution in [3.8, 4) is 0 Å². The first kappa shape index (κ1) is 17.0. The molecule has 6 nitrogen and oxygen atoms in total. The number of para-hydroxylation sites is 1. The van der Waals surface area contributed by atoms with Crippen LogP contribution in [0, 0.1) is 0 Å². The molecule has 1 aromatic rings. The van der Waals surface area contributed by atoms with Crippen LogP contribution in [-0.4, -0.2) is 37.1 Å². The molecule has 3 amide bonds. The summed E-state index contributed by atoms with van der Waals surface area (Å²) >= 11 is 0. The zero-order chi connectivity index (χ0) is 15.9. The van der Waals surface area contributed by atoms with Gasteiger partial charge in [-0.15, -0.1) is 0 Å². The van der Waals surface area contributed by atoms with Crippen LogP contribution >= 0.6 is 0 Å². The zero-order valence-corrected chi connectivity index (χ0v) is 13.0. The van der Waals surface area contributed by atoms with E-state index in [4.69, 9.17) is 0 Å². The maximum atomic E-state index is 12.1. The highest BCUT2D eigenvalue weighted by atomic mass is 16.2. The Kier molecular flexibility index (Phi) is 6.17. The minimum atomic E-state index is -0.994. The Balaban J connectivity index is 2.50. The van der Waals surface area contributed by atoms with Gasteiger partial charge in [0.05, 0.1) is 0 Å². The van der Waals surface area contributed by atoms with Crippen molar-refractivity contribution in [2.45, 2.75) is 32.4 Å². The number of nitrogens with one attached hydrogen (secondary N) is 4. The summed E-state index contributed by atoms with van der Waals surface area (Å²) in [5.74, 6) is -0.229. The first-order valence-electron chi connectivity index (χ1n) is 6.95. The van der Waals surface area contributed by atoms with Gasteiger partial charge in [0, 0.05) is 18.3 Å². The Labute approximate surface area is 125 Å². The highest BCUT2D eigenvalue weighted by molar-refractivity contribution is 5.95. The van der Waals surface area contributed by atoms with Crippen LogP contribution in [0.3, 0.4) is 0 Å². The predicted octanol–water partition coefficient (Wildman–Crippen LogP) is 1.31. The van der Waals surface area contributed by atoms with E-state index in [1.165, 1.54) is 0 Å². The fourth-order valence-corrected chi connectivity index (χ4v) is 1.59. The van der Waals surface area contributed by atoms with Crippen molar-refractivity contribution in [2.24, 2.45) is 0 Å². The van der Waals surface area contributed by atoms with Gasteiger partial charge in [-0.2, -0.15) is 0 Å². The third-order valence-corrected chi connectivity index (χ3v) is 3.09. The third kappa shape index (κ3) is 5.83. The lowest BCUT2D eigenvalue weighted by atomic mass is 10.0. The van der Waals surface area contributed by atoms with Crippen molar-refractivity contribution in [1.82, 2.24) is 16.0 Å². The number of rotatable bonds is 6. The number of hydrogen-bond acceptors (Lipinski definition) is 3. The molecule has 1 atom stereocenters. The molecule has 0 aromatic heterocycles. The summed E-state index contributed by atoms with van der Waals surface area (Å²) in [6.45, 7) is 5.79. The Morgan fingerprint density at radius 2 is 1.81 bits per heavy atom. The molecule has 0 spiro atoms. The van der Waals surface area contributed by atoms with E-state index in [9.17, 15) is 9.59 Å². The predicted molar refractivity (Wildman–Crippen MR) is 84.2 cm³/mol. The molecular weight excluding hydrogens is 268 g/mol. The number of amides is 3. The summed E-state index contributed by atoms with van der Waals surface area (Å²) < 4.78 is 0. The first-order valence-corrected chi connectivity index (χ1v) is 6.95. The molecule has 0 saturated heterocycles.